The predicted octanol–water partition coefficient (Wildman–Crippen LogP) is 2.22. The number of benzene rings is 1. The van der Waals surface area contributed by atoms with Gasteiger partial charge in [0.2, 0.25) is 0 Å². The number of anilines is 2. The van der Waals surface area contributed by atoms with Gasteiger partial charge in [-0.2, -0.15) is 11.8 Å². The Morgan fingerprint density at radius 1 is 1.61 bits per heavy atom. The summed E-state index contributed by atoms with van der Waals surface area (Å²) in [6.07, 6.45) is 1.26. The molecule has 1 saturated heterocycles. The molecular formula is C13H18N2O2S. The third kappa shape index (κ3) is 3.10. The molecule has 0 amide bonds. The van der Waals surface area contributed by atoms with E-state index in [0.29, 0.717) is 17.2 Å². The summed E-state index contributed by atoms with van der Waals surface area (Å²) in [5, 5.41) is 3.36. The minimum absolute atomic E-state index is 0.396. The Labute approximate surface area is 111 Å². The van der Waals surface area contributed by atoms with Crippen molar-refractivity contribution < 1.29 is 9.53 Å². The van der Waals surface area contributed by atoms with Gasteiger partial charge in [0.1, 0.15) is 0 Å². The number of esters is 1. The van der Waals surface area contributed by atoms with Gasteiger partial charge in [0.05, 0.1) is 12.7 Å². The summed E-state index contributed by atoms with van der Waals surface area (Å²) in [4.78, 5) is 11.5. The normalized spacial score (nSPS) is 18.6. The second-order valence-electron chi connectivity index (χ2n) is 4.40. The Morgan fingerprint density at radius 3 is 3.11 bits per heavy atom. The van der Waals surface area contributed by atoms with Crippen LogP contribution < -0.4 is 11.1 Å². The Hall–Kier alpha value is -1.36. The molecule has 18 heavy (non-hydrogen) atoms. The molecule has 1 aromatic carbocycles. The molecule has 0 bridgehead atoms. The number of carbonyl (C=O) groups is 1. The first-order valence-electron chi connectivity index (χ1n) is 6.00. The van der Waals surface area contributed by atoms with E-state index < -0.39 is 5.97 Å². The lowest BCUT2D eigenvalue weighted by Crippen LogP contribution is -2.14. The smallest absolute Gasteiger partial charge is 0.340 e. The number of nitrogen functional groups attached to an aromatic ring is 1. The number of hydrogen-bond acceptors (Lipinski definition) is 5. The van der Waals surface area contributed by atoms with Crippen LogP contribution in [0.5, 0.6) is 0 Å². The van der Waals surface area contributed by atoms with Crippen molar-refractivity contribution in [1.82, 2.24) is 0 Å². The van der Waals surface area contributed by atoms with E-state index in [-0.39, 0.29) is 0 Å². The third-order valence-electron chi connectivity index (χ3n) is 3.08. The quantitative estimate of drug-likeness (QED) is 0.646. The van der Waals surface area contributed by atoms with Gasteiger partial charge in [-0.25, -0.2) is 4.79 Å². The zero-order valence-electron chi connectivity index (χ0n) is 10.4. The number of nitrogens with two attached hydrogens (primary N) is 1. The Morgan fingerprint density at radius 2 is 2.44 bits per heavy atom. The number of nitrogens with one attached hydrogen (secondary N) is 1. The zero-order chi connectivity index (χ0) is 13.0. The lowest BCUT2D eigenvalue weighted by molar-refractivity contribution is 0.0602. The first-order valence-corrected chi connectivity index (χ1v) is 7.15. The SMILES string of the molecule is COC(=O)c1cc(NCC2CCSC2)ccc1N. The van der Waals surface area contributed by atoms with E-state index in [0.717, 1.165) is 12.2 Å². The summed E-state index contributed by atoms with van der Waals surface area (Å²) in [5.74, 6) is 2.79. The number of methoxy groups -OCH3 is 1. The fraction of sp³-hybridized carbons (Fsp3) is 0.462. The van der Waals surface area contributed by atoms with Gasteiger partial charge in [-0.3, -0.25) is 0 Å². The largest absolute Gasteiger partial charge is 0.465 e. The molecule has 2 rings (SSSR count). The maximum Gasteiger partial charge on any atom is 0.340 e. The fourth-order valence-electron chi connectivity index (χ4n) is 1.96. The van der Waals surface area contributed by atoms with Gasteiger partial charge in [0.15, 0.2) is 0 Å². The van der Waals surface area contributed by atoms with E-state index in [9.17, 15) is 4.79 Å². The molecule has 0 radical (unpaired) electrons. The molecule has 3 N–H and O–H groups in total. The molecule has 1 heterocycles. The van der Waals surface area contributed by atoms with Crippen molar-refractivity contribution in [2.24, 2.45) is 5.92 Å². The highest BCUT2D eigenvalue weighted by Gasteiger charge is 2.15. The van der Waals surface area contributed by atoms with E-state index >= 15 is 0 Å². The molecule has 1 aliphatic heterocycles. The van der Waals surface area contributed by atoms with Crippen LogP contribution in [0.4, 0.5) is 11.4 Å². The maximum atomic E-state index is 11.5. The average molecular weight is 266 g/mol. The molecule has 0 saturated carbocycles. The monoisotopic (exact) mass is 266 g/mol. The van der Waals surface area contributed by atoms with Gasteiger partial charge in [-0.15, -0.1) is 0 Å². The second kappa shape index (κ2) is 6.00. The van der Waals surface area contributed by atoms with Crippen LogP contribution in [-0.4, -0.2) is 31.1 Å². The summed E-state index contributed by atoms with van der Waals surface area (Å²) in [7, 11) is 1.36. The topological polar surface area (TPSA) is 64.3 Å². The van der Waals surface area contributed by atoms with Gasteiger partial charge < -0.3 is 15.8 Å². The van der Waals surface area contributed by atoms with Crippen LogP contribution in [0.2, 0.25) is 0 Å². The van der Waals surface area contributed by atoms with Gasteiger partial charge in [-0.1, -0.05) is 0 Å². The Bertz CT molecular complexity index is 431. The summed E-state index contributed by atoms with van der Waals surface area (Å²) in [6, 6.07) is 5.38. The molecule has 0 spiro atoms. The minimum Gasteiger partial charge on any atom is -0.465 e. The molecule has 1 atom stereocenters. The molecule has 1 fully saturated rings. The molecular weight excluding hydrogens is 248 g/mol. The van der Waals surface area contributed by atoms with Crippen molar-refractivity contribution in [3.63, 3.8) is 0 Å². The molecule has 98 valence electrons. The summed E-state index contributed by atoms with van der Waals surface area (Å²) in [5.41, 5.74) is 7.54. The summed E-state index contributed by atoms with van der Waals surface area (Å²) in [6.45, 7) is 0.942. The van der Waals surface area contributed by atoms with Crippen LogP contribution >= 0.6 is 11.8 Å². The highest BCUT2D eigenvalue weighted by Crippen LogP contribution is 2.24. The van der Waals surface area contributed by atoms with E-state index in [1.54, 1.807) is 12.1 Å². The molecule has 1 unspecified atom stereocenters. The van der Waals surface area contributed by atoms with Crippen LogP contribution in [0.25, 0.3) is 0 Å². The number of carbonyl (C=O) groups excluding carboxylic acids is 1. The van der Waals surface area contributed by atoms with Crippen molar-refractivity contribution in [2.45, 2.75) is 6.42 Å². The van der Waals surface area contributed by atoms with E-state index in [1.807, 2.05) is 17.8 Å². The average Bonchev–Trinajstić information content (AvgIpc) is 2.90. The molecule has 1 aromatic rings. The minimum atomic E-state index is -0.396. The molecule has 0 aliphatic carbocycles. The third-order valence-corrected chi connectivity index (χ3v) is 4.31. The lowest BCUT2D eigenvalue weighted by atomic mass is 10.1. The molecule has 0 aromatic heterocycles. The molecule has 4 nitrogen and oxygen atoms in total. The molecule has 5 heteroatoms. The number of thioether (sulfide) groups is 1. The van der Waals surface area contributed by atoms with Crippen molar-refractivity contribution >= 4 is 29.1 Å². The van der Waals surface area contributed by atoms with Gasteiger partial charge >= 0.3 is 5.97 Å². The highest BCUT2D eigenvalue weighted by atomic mass is 32.2. The first kappa shape index (κ1) is 13.1. The first-order chi connectivity index (χ1) is 8.70. The second-order valence-corrected chi connectivity index (χ2v) is 5.55. The Kier molecular flexibility index (Phi) is 4.36. The van der Waals surface area contributed by atoms with Gasteiger partial charge in [0.25, 0.3) is 0 Å². The Balaban J connectivity index is 2.02. The molecule has 1 aliphatic rings. The van der Waals surface area contributed by atoms with E-state index in [1.165, 1.54) is 25.0 Å². The van der Waals surface area contributed by atoms with Gasteiger partial charge in [-0.05, 0) is 42.0 Å². The maximum absolute atomic E-state index is 11.5. The fourth-order valence-corrected chi connectivity index (χ4v) is 3.24. The van der Waals surface area contributed by atoms with E-state index in [4.69, 9.17) is 10.5 Å². The van der Waals surface area contributed by atoms with Crippen LogP contribution in [0.15, 0.2) is 18.2 Å². The number of hydrogen-bond donors (Lipinski definition) is 2. The van der Waals surface area contributed by atoms with Crippen molar-refractivity contribution in [3.8, 4) is 0 Å². The lowest BCUT2D eigenvalue weighted by Gasteiger charge is -2.12. The van der Waals surface area contributed by atoms with Crippen LogP contribution in [-0.2, 0) is 4.74 Å². The number of ether oxygens (including phenoxy) is 1. The summed E-state index contributed by atoms with van der Waals surface area (Å²) >= 11 is 2.00. The number of rotatable bonds is 4. The van der Waals surface area contributed by atoms with E-state index in [2.05, 4.69) is 5.32 Å². The van der Waals surface area contributed by atoms with Crippen molar-refractivity contribution in [3.05, 3.63) is 23.8 Å². The zero-order valence-corrected chi connectivity index (χ0v) is 11.3. The summed E-state index contributed by atoms with van der Waals surface area (Å²) < 4.78 is 4.70. The van der Waals surface area contributed by atoms with Crippen LogP contribution in [0.3, 0.4) is 0 Å². The standard InChI is InChI=1S/C13H18N2O2S/c1-17-13(16)11-6-10(2-3-12(11)14)15-7-9-4-5-18-8-9/h2-3,6,9,15H,4-5,7-8,14H2,1H3. The van der Waals surface area contributed by atoms with Crippen LogP contribution in [0, 0.1) is 5.92 Å². The van der Waals surface area contributed by atoms with Gasteiger partial charge in [0, 0.05) is 17.9 Å². The van der Waals surface area contributed by atoms with Crippen LogP contribution in [0.1, 0.15) is 16.8 Å². The predicted molar refractivity (Wildman–Crippen MR) is 76.1 cm³/mol. The van der Waals surface area contributed by atoms with Crippen molar-refractivity contribution in [1.29, 1.82) is 0 Å². The highest BCUT2D eigenvalue weighted by molar-refractivity contribution is 7.99. The van der Waals surface area contributed by atoms with Crippen molar-refractivity contribution in [2.75, 3.05) is 36.2 Å².